The molecule has 0 aliphatic carbocycles. The molecule has 0 bridgehead atoms. The molecule has 0 aromatic rings. The Hall–Kier alpha value is -0.460. The minimum atomic E-state index is -4.69. The van der Waals surface area contributed by atoms with Gasteiger partial charge in [0.2, 0.25) is 5.91 Å². The molecule has 0 spiro atoms. The number of nitrogens with one attached hydrogen (secondary N) is 1. The number of amides is 1. The van der Waals surface area contributed by atoms with Crippen LogP contribution in [0.15, 0.2) is 0 Å². The van der Waals surface area contributed by atoms with Crippen LogP contribution in [-0.2, 0) is 13.9 Å². The smallest absolute Gasteiger partial charge is 0.391 e. The second-order valence-electron chi connectivity index (χ2n) is 16.1. The van der Waals surface area contributed by atoms with E-state index in [1.54, 1.807) is 0 Å². The molecule has 312 valence electrons. The lowest BCUT2D eigenvalue weighted by Crippen LogP contribution is -2.46. The number of unbranched alkanes of at least 4 members (excludes halogenated alkanes) is 34. The summed E-state index contributed by atoms with van der Waals surface area (Å²) in [5.74, 6) is -0.187. The number of carbonyl (C=O) groups is 1. The molecule has 0 unspecified atom stereocenters. The van der Waals surface area contributed by atoms with Crippen molar-refractivity contribution < 1.29 is 28.8 Å². The van der Waals surface area contributed by atoms with Gasteiger partial charge in [0.25, 0.3) is 0 Å². The molecule has 7 nitrogen and oxygen atoms in total. The van der Waals surface area contributed by atoms with E-state index in [2.05, 4.69) is 23.7 Å². The number of phosphoric acid groups is 1. The van der Waals surface area contributed by atoms with Gasteiger partial charge in [-0.15, -0.1) is 0 Å². The van der Waals surface area contributed by atoms with Crippen LogP contribution in [0, 0.1) is 0 Å². The molecule has 0 aliphatic rings. The molecular weight excluding hydrogens is 669 g/mol. The largest absolute Gasteiger partial charge is 0.469 e. The van der Waals surface area contributed by atoms with E-state index in [-0.39, 0.29) is 5.91 Å². The zero-order valence-corrected chi connectivity index (χ0v) is 35.6. The Balaban J connectivity index is 3.82. The Labute approximate surface area is 323 Å². The minimum Gasteiger partial charge on any atom is -0.391 e. The second-order valence-corrected chi connectivity index (χ2v) is 17.3. The molecule has 2 atom stereocenters. The molecule has 4 N–H and O–H groups in total. The Morgan fingerprint density at radius 3 is 1.04 bits per heavy atom. The van der Waals surface area contributed by atoms with Gasteiger partial charge >= 0.3 is 7.82 Å². The molecular formula is C44H90NO6P. The van der Waals surface area contributed by atoms with Crippen molar-refractivity contribution in [2.45, 2.75) is 270 Å². The van der Waals surface area contributed by atoms with Crippen LogP contribution in [0.4, 0.5) is 0 Å². The third kappa shape index (κ3) is 40.7. The molecule has 0 fully saturated rings. The lowest BCUT2D eigenvalue weighted by atomic mass is 10.0. The Morgan fingerprint density at radius 1 is 0.481 bits per heavy atom. The number of aliphatic hydroxyl groups is 1. The maximum Gasteiger partial charge on any atom is 0.469 e. The first-order chi connectivity index (χ1) is 25.3. The van der Waals surface area contributed by atoms with Crippen molar-refractivity contribution in [2.75, 3.05) is 6.61 Å². The molecule has 0 aliphatic heterocycles. The highest BCUT2D eigenvalue weighted by Gasteiger charge is 2.25. The molecule has 0 heterocycles. The van der Waals surface area contributed by atoms with Gasteiger partial charge in [-0.2, -0.15) is 0 Å². The van der Waals surface area contributed by atoms with E-state index in [9.17, 15) is 24.3 Å². The highest BCUT2D eigenvalue weighted by atomic mass is 31.2. The van der Waals surface area contributed by atoms with E-state index in [1.807, 2.05) is 0 Å². The summed E-state index contributed by atoms with van der Waals surface area (Å²) in [7, 11) is -4.69. The van der Waals surface area contributed by atoms with Gasteiger partial charge in [0.15, 0.2) is 0 Å². The number of aliphatic hydroxyl groups excluding tert-OH is 1. The molecule has 0 rings (SSSR count). The second kappa shape index (κ2) is 40.2. The SMILES string of the molecule is CCCCCCCCCCCCCCCCCCCCCCC(=O)N[C@@H](COP(=O)(O)O)[C@H](O)CCCCCCCCCCCCCCCCCC. The zero-order chi connectivity index (χ0) is 38.2. The van der Waals surface area contributed by atoms with Crippen LogP contribution in [-0.4, -0.2) is 39.6 Å². The van der Waals surface area contributed by atoms with Gasteiger partial charge in [0, 0.05) is 6.42 Å². The standard InChI is InChI=1S/C44H90NO6P/c1-3-5-7-9-11-13-15-17-19-21-22-23-24-26-28-30-32-34-36-38-40-44(47)45-42(41-51-52(48,49)50)43(46)39-37-35-33-31-29-27-25-20-18-16-14-12-10-8-6-4-2/h42-43,46H,3-41H2,1-2H3,(H,45,47)(H2,48,49,50)/t42-,43+/m0/s1. The first-order valence-electron chi connectivity index (χ1n) is 23.0. The molecule has 0 radical (unpaired) electrons. The first kappa shape index (κ1) is 51.5. The quantitative estimate of drug-likeness (QED) is 0.0363. The van der Waals surface area contributed by atoms with Crippen molar-refractivity contribution in [3.05, 3.63) is 0 Å². The zero-order valence-electron chi connectivity index (χ0n) is 34.7. The van der Waals surface area contributed by atoms with E-state index >= 15 is 0 Å². The van der Waals surface area contributed by atoms with Gasteiger partial charge in [-0.05, 0) is 12.8 Å². The highest BCUT2D eigenvalue weighted by molar-refractivity contribution is 7.46. The van der Waals surface area contributed by atoms with Gasteiger partial charge in [0.05, 0.1) is 18.8 Å². The predicted octanol–water partition coefficient (Wildman–Crippen LogP) is 13.8. The van der Waals surface area contributed by atoms with Crippen LogP contribution in [0.2, 0.25) is 0 Å². The van der Waals surface area contributed by atoms with Crippen molar-refractivity contribution in [3.63, 3.8) is 0 Å². The van der Waals surface area contributed by atoms with E-state index < -0.39 is 26.6 Å². The van der Waals surface area contributed by atoms with E-state index in [0.29, 0.717) is 12.8 Å². The van der Waals surface area contributed by atoms with Gasteiger partial charge in [-0.3, -0.25) is 9.32 Å². The average Bonchev–Trinajstić information content (AvgIpc) is 3.11. The summed E-state index contributed by atoms with van der Waals surface area (Å²) in [6.07, 6.45) is 46.6. The average molecular weight is 760 g/mol. The topological polar surface area (TPSA) is 116 Å². The summed E-state index contributed by atoms with van der Waals surface area (Å²) in [6, 6.07) is -0.818. The number of carbonyl (C=O) groups excluding carboxylic acids is 1. The van der Waals surface area contributed by atoms with E-state index in [4.69, 9.17) is 0 Å². The summed E-state index contributed by atoms with van der Waals surface area (Å²) >= 11 is 0. The van der Waals surface area contributed by atoms with Crippen LogP contribution >= 0.6 is 7.82 Å². The third-order valence-electron chi connectivity index (χ3n) is 10.8. The maximum atomic E-state index is 12.6. The Bertz CT molecular complexity index is 778. The van der Waals surface area contributed by atoms with Crippen molar-refractivity contribution in [2.24, 2.45) is 0 Å². The fourth-order valence-corrected chi connectivity index (χ4v) is 7.70. The van der Waals surface area contributed by atoms with Crippen LogP contribution in [0.1, 0.15) is 258 Å². The maximum absolute atomic E-state index is 12.6. The molecule has 1 amide bonds. The molecule has 8 heteroatoms. The summed E-state index contributed by atoms with van der Waals surface area (Å²) in [4.78, 5) is 31.0. The van der Waals surface area contributed by atoms with Crippen LogP contribution in [0.25, 0.3) is 0 Å². The predicted molar refractivity (Wildman–Crippen MR) is 223 cm³/mol. The number of hydrogen-bond donors (Lipinski definition) is 4. The molecule has 0 saturated heterocycles. The normalized spacial score (nSPS) is 13.1. The van der Waals surface area contributed by atoms with Gasteiger partial charge in [0.1, 0.15) is 0 Å². The van der Waals surface area contributed by atoms with Crippen LogP contribution in [0.3, 0.4) is 0 Å². The molecule has 0 aromatic carbocycles. The fraction of sp³-hybridized carbons (Fsp3) is 0.977. The monoisotopic (exact) mass is 760 g/mol. The van der Waals surface area contributed by atoms with Crippen molar-refractivity contribution >= 4 is 13.7 Å². The summed E-state index contributed by atoms with van der Waals surface area (Å²) in [5.41, 5.74) is 0. The van der Waals surface area contributed by atoms with Crippen LogP contribution < -0.4 is 5.32 Å². The summed E-state index contributed by atoms with van der Waals surface area (Å²) in [6.45, 7) is 4.15. The van der Waals surface area contributed by atoms with Crippen molar-refractivity contribution in [1.29, 1.82) is 0 Å². The number of phosphoric ester groups is 1. The van der Waals surface area contributed by atoms with E-state index in [0.717, 1.165) is 38.5 Å². The fourth-order valence-electron chi connectivity index (χ4n) is 7.35. The number of rotatable bonds is 43. The molecule has 52 heavy (non-hydrogen) atoms. The Morgan fingerprint density at radius 2 is 0.750 bits per heavy atom. The van der Waals surface area contributed by atoms with Crippen LogP contribution in [0.5, 0.6) is 0 Å². The van der Waals surface area contributed by atoms with Gasteiger partial charge in [-0.25, -0.2) is 4.57 Å². The summed E-state index contributed by atoms with van der Waals surface area (Å²) < 4.78 is 16.0. The molecule has 0 aromatic heterocycles. The van der Waals surface area contributed by atoms with Gasteiger partial charge in [-0.1, -0.05) is 239 Å². The van der Waals surface area contributed by atoms with Gasteiger partial charge < -0.3 is 20.2 Å². The number of hydrogen-bond acceptors (Lipinski definition) is 4. The molecule has 0 saturated carbocycles. The van der Waals surface area contributed by atoms with E-state index in [1.165, 1.54) is 193 Å². The third-order valence-corrected chi connectivity index (χ3v) is 11.3. The minimum absolute atomic E-state index is 0.187. The Kier molecular flexibility index (Phi) is 39.9. The lowest BCUT2D eigenvalue weighted by Gasteiger charge is -2.24. The first-order valence-corrected chi connectivity index (χ1v) is 24.5. The van der Waals surface area contributed by atoms with Crippen molar-refractivity contribution in [1.82, 2.24) is 5.32 Å². The lowest BCUT2D eigenvalue weighted by molar-refractivity contribution is -0.123. The highest BCUT2D eigenvalue weighted by Crippen LogP contribution is 2.36. The van der Waals surface area contributed by atoms with Crippen molar-refractivity contribution in [3.8, 4) is 0 Å². The summed E-state index contributed by atoms with van der Waals surface area (Å²) in [5, 5.41) is 13.6.